The van der Waals surface area contributed by atoms with E-state index in [2.05, 4.69) is 10.3 Å². The van der Waals surface area contributed by atoms with Crippen molar-refractivity contribution in [3.8, 4) is 0 Å². The molecular weight excluding hydrogens is 392 g/mol. The third-order valence-corrected chi connectivity index (χ3v) is 4.17. The lowest BCUT2D eigenvalue weighted by molar-refractivity contribution is -0.122. The molecule has 1 aromatic rings. The fraction of sp³-hybridized carbons (Fsp3) is 0.462. The first-order valence-corrected chi connectivity index (χ1v) is 7.61. The van der Waals surface area contributed by atoms with Gasteiger partial charge in [-0.25, -0.2) is 14.2 Å². The van der Waals surface area contributed by atoms with Crippen LogP contribution in [0.4, 0.5) is 15.0 Å². The smallest absolute Gasteiger partial charge is 0.404 e. The first kappa shape index (κ1) is 15.9. The summed E-state index contributed by atoms with van der Waals surface area (Å²) in [6.45, 7) is 0. The number of ether oxygens (including phenoxy) is 1. The number of carbonyl (C=O) groups is 2. The van der Waals surface area contributed by atoms with Crippen molar-refractivity contribution in [3.05, 3.63) is 21.7 Å². The van der Waals surface area contributed by atoms with E-state index >= 15 is 0 Å². The van der Waals surface area contributed by atoms with E-state index in [0.717, 1.165) is 12.6 Å². The molecule has 114 valence electrons. The fourth-order valence-corrected chi connectivity index (χ4v) is 2.80. The number of hydrogen-bond donors (Lipinski definition) is 2. The van der Waals surface area contributed by atoms with Crippen LogP contribution in [0.25, 0.3) is 0 Å². The molecule has 0 spiro atoms. The number of pyridine rings is 1. The van der Waals surface area contributed by atoms with Gasteiger partial charge in [0, 0.05) is 5.92 Å². The van der Waals surface area contributed by atoms with Crippen LogP contribution in [-0.4, -0.2) is 23.1 Å². The van der Waals surface area contributed by atoms with Crippen LogP contribution in [0.5, 0.6) is 0 Å². The van der Waals surface area contributed by atoms with Crippen molar-refractivity contribution < 1.29 is 18.7 Å². The normalized spacial score (nSPS) is 21.6. The molecule has 1 aliphatic rings. The highest BCUT2D eigenvalue weighted by Crippen LogP contribution is 2.27. The Kier molecular flexibility index (Phi) is 5.32. The van der Waals surface area contributed by atoms with E-state index in [4.69, 9.17) is 10.5 Å². The second-order valence-electron chi connectivity index (χ2n) is 4.90. The summed E-state index contributed by atoms with van der Waals surface area (Å²) in [6, 6.07) is 1.47. The average molecular weight is 407 g/mol. The Morgan fingerprint density at radius 2 is 2.24 bits per heavy atom. The maximum atomic E-state index is 13.1. The first-order valence-electron chi connectivity index (χ1n) is 6.53. The lowest BCUT2D eigenvalue weighted by Gasteiger charge is -2.27. The molecule has 21 heavy (non-hydrogen) atoms. The van der Waals surface area contributed by atoms with Crippen molar-refractivity contribution >= 4 is 40.4 Å². The zero-order chi connectivity index (χ0) is 15.4. The van der Waals surface area contributed by atoms with Crippen molar-refractivity contribution in [2.24, 2.45) is 11.7 Å². The number of primary amides is 1. The van der Waals surface area contributed by atoms with Gasteiger partial charge < -0.3 is 15.8 Å². The zero-order valence-corrected chi connectivity index (χ0v) is 13.3. The van der Waals surface area contributed by atoms with Gasteiger partial charge in [0.25, 0.3) is 0 Å². The predicted octanol–water partition coefficient (Wildman–Crippen LogP) is 2.42. The minimum Gasteiger partial charge on any atom is -0.446 e. The summed E-state index contributed by atoms with van der Waals surface area (Å²) < 4.78 is 18.5. The summed E-state index contributed by atoms with van der Waals surface area (Å²) in [5.74, 6) is -0.597. The highest BCUT2D eigenvalue weighted by Gasteiger charge is 2.29. The van der Waals surface area contributed by atoms with Crippen molar-refractivity contribution in [3.63, 3.8) is 0 Å². The number of nitrogens with zero attached hydrogens (tertiary/aromatic N) is 1. The number of aromatic nitrogens is 1. The monoisotopic (exact) mass is 407 g/mol. The van der Waals surface area contributed by atoms with Gasteiger partial charge in [-0.1, -0.05) is 0 Å². The van der Waals surface area contributed by atoms with Gasteiger partial charge in [0.2, 0.25) is 5.91 Å². The number of nitrogens with one attached hydrogen (secondary N) is 1. The van der Waals surface area contributed by atoms with Crippen LogP contribution in [-0.2, 0) is 9.53 Å². The molecule has 2 amide bonds. The van der Waals surface area contributed by atoms with Crippen molar-refractivity contribution in [1.29, 1.82) is 0 Å². The molecule has 0 saturated heterocycles. The molecule has 3 N–H and O–H groups in total. The summed E-state index contributed by atoms with van der Waals surface area (Å²) in [6.07, 6.45) is 2.56. The van der Waals surface area contributed by atoms with Crippen LogP contribution in [0.2, 0.25) is 0 Å². The maximum Gasteiger partial charge on any atom is 0.404 e. The number of halogens is 2. The van der Waals surface area contributed by atoms with E-state index in [1.165, 1.54) is 6.07 Å². The van der Waals surface area contributed by atoms with E-state index in [1.807, 2.05) is 22.6 Å². The molecule has 2 rings (SSSR count). The quantitative estimate of drug-likeness (QED) is 0.753. The van der Waals surface area contributed by atoms with E-state index in [0.29, 0.717) is 28.7 Å². The standard InChI is InChI=1S/C13H15FIN3O3/c14-9-6-17-11(5-10(9)15)18-12(19)7-2-1-3-8(4-7)21-13(16)20/h5-8H,1-4H2,(H2,16,20)(H,17,18,19)/t7-,8+/m0/s1. The maximum absolute atomic E-state index is 13.1. The molecule has 1 saturated carbocycles. The third-order valence-electron chi connectivity index (χ3n) is 3.34. The Bertz CT molecular complexity index is 555. The topological polar surface area (TPSA) is 94.3 Å². The minimum absolute atomic E-state index is 0.206. The minimum atomic E-state index is -0.823. The number of hydrogen-bond acceptors (Lipinski definition) is 4. The van der Waals surface area contributed by atoms with Crippen LogP contribution < -0.4 is 11.1 Å². The average Bonchev–Trinajstić information content (AvgIpc) is 2.42. The summed E-state index contributed by atoms with van der Waals surface area (Å²) in [5.41, 5.74) is 4.99. The molecule has 1 heterocycles. The molecule has 0 radical (unpaired) electrons. The van der Waals surface area contributed by atoms with Crippen molar-refractivity contribution in [1.82, 2.24) is 4.98 Å². The highest BCUT2D eigenvalue weighted by atomic mass is 127. The van der Waals surface area contributed by atoms with E-state index in [9.17, 15) is 14.0 Å². The molecule has 0 bridgehead atoms. The Morgan fingerprint density at radius 1 is 1.48 bits per heavy atom. The van der Waals surface area contributed by atoms with E-state index in [1.54, 1.807) is 0 Å². The second kappa shape index (κ2) is 7.01. The van der Waals surface area contributed by atoms with Gasteiger partial charge in [-0.3, -0.25) is 4.79 Å². The first-order chi connectivity index (χ1) is 9.95. The molecule has 1 aromatic heterocycles. The molecule has 0 unspecified atom stereocenters. The van der Waals surface area contributed by atoms with Gasteiger partial charge in [-0.05, 0) is 54.3 Å². The number of carbonyl (C=O) groups excluding carboxylic acids is 2. The van der Waals surface area contributed by atoms with Gasteiger partial charge in [0.15, 0.2) is 5.82 Å². The Morgan fingerprint density at radius 3 is 2.90 bits per heavy atom. The van der Waals surface area contributed by atoms with Gasteiger partial charge in [0.05, 0.1) is 9.77 Å². The SMILES string of the molecule is NC(=O)O[C@@H]1CCC[C@H](C(=O)Nc2cc(I)c(F)cn2)C1. The number of rotatable bonds is 3. The van der Waals surface area contributed by atoms with Crippen molar-refractivity contribution in [2.75, 3.05) is 5.32 Å². The van der Waals surface area contributed by atoms with Crippen molar-refractivity contribution in [2.45, 2.75) is 31.8 Å². The molecule has 1 aliphatic carbocycles. The molecule has 1 fully saturated rings. The zero-order valence-electron chi connectivity index (χ0n) is 11.1. The molecule has 2 atom stereocenters. The molecular formula is C13H15FIN3O3. The number of amides is 2. The number of nitrogens with two attached hydrogens (primary N) is 1. The van der Waals surface area contributed by atoms with Gasteiger partial charge >= 0.3 is 6.09 Å². The van der Waals surface area contributed by atoms with Gasteiger partial charge in [-0.2, -0.15) is 0 Å². The third kappa shape index (κ3) is 4.51. The van der Waals surface area contributed by atoms with Crippen LogP contribution in [0, 0.1) is 15.3 Å². The Hall–Kier alpha value is -1.45. The van der Waals surface area contributed by atoms with Gasteiger partial charge in [0.1, 0.15) is 11.9 Å². The van der Waals surface area contributed by atoms with E-state index in [-0.39, 0.29) is 17.9 Å². The summed E-state index contributed by atoms with van der Waals surface area (Å²) in [7, 11) is 0. The Balaban J connectivity index is 1.96. The Labute approximate surface area is 134 Å². The lowest BCUT2D eigenvalue weighted by atomic mass is 9.86. The fourth-order valence-electron chi connectivity index (χ4n) is 2.37. The van der Waals surface area contributed by atoms with E-state index < -0.39 is 11.9 Å². The summed E-state index contributed by atoms with van der Waals surface area (Å²) in [4.78, 5) is 26.8. The second-order valence-corrected chi connectivity index (χ2v) is 6.06. The molecule has 0 aromatic carbocycles. The molecule has 0 aliphatic heterocycles. The predicted molar refractivity (Wildman–Crippen MR) is 82.0 cm³/mol. The summed E-state index contributed by atoms with van der Waals surface area (Å²) >= 11 is 1.83. The van der Waals surface area contributed by atoms with Gasteiger partial charge in [-0.15, -0.1) is 0 Å². The summed E-state index contributed by atoms with van der Waals surface area (Å²) in [5, 5.41) is 2.66. The highest BCUT2D eigenvalue weighted by molar-refractivity contribution is 14.1. The largest absolute Gasteiger partial charge is 0.446 e. The molecule has 6 nitrogen and oxygen atoms in total. The van der Waals surface area contributed by atoms with Crippen LogP contribution in [0.15, 0.2) is 12.3 Å². The van der Waals surface area contributed by atoms with Crippen LogP contribution >= 0.6 is 22.6 Å². The lowest BCUT2D eigenvalue weighted by Crippen LogP contribution is -2.33. The van der Waals surface area contributed by atoms with Crippen LogP contribution in [0.1, 0.15) is 25.7 Å². The molecule has 8 heteroatoms. The number of anilines is 1. The van der Waals surface area contributed by atoms with Crippen LogP contribution in [0.3, 0.4) is 0 Å².